The van der Waals surface area contributed by atoms with Gasteiger partial charge in [0.25, 0.3) is 0 Å². The molecule has 4 rings (SSSR count). The number of anilines is 3. The molecule has 0 aromatic heterocycles. The third-order valence-corrected chi connectivity index (χ3v) is 4.82. The third-order valence-electron chi connectivity index (χ3n) is 4.82. The van der Waals surface area contributed by atoms with Gasteiger partial charge in [0, 0.05) is 36.4 Å². The molecule has 0 spiro atoms. The zero-order valence-corrected chi connectivity index (χ0v) is 14.2. The third kappa shape index (κ3) is 3.06. The maximum atomic E-state index is 12.8. The van der Waals surface area contributed by atoms with Gasteiger partial charge in [0.2, 0.25) is 17.7 Å². The Morgan fingerprint density at radius 3 is 2.77 bits per heavy atom. The number of para-hydroxylation sites is 1. The van der Waals surface area contributed by atoms with Gasteiger partial charge in [-0.1, -0.05) is 24.3 Å². The van der Waals surface area contributed by atoms with E-state index in [9.17, 15) is 14.4 Å². The summed E-state index contributed by atoms with van der Waals surface area (Å²) in [6.45, 7) is 0.701. The highest BCUT2D eigenvalue weighted by atomic mass is 16.2. The van der Waals surface area contributed by atoms with Crippen molar-refractivity contribution in [3.8, 4) is 0 Å². The molecule has 132 valence electrons. The molecular formula is C20H19N3O3. The van der Waals surface area contributed by atoms with Gasteiger partial charge in [-0.2, -0.15) is 0 Å². The molecule has 2 heterocycles. The van der Waals surface area contributed by atoms with Crippen LogP contribution in [-0.4, -0.2) is 24.3 Å². The van der Waals surface area contributed by atoms with Crippen molar-refractivity contribution in [1.82, 2.24) is 0 Å². The van der Waals surface area contributed by atoms with Crippen molar-refractivity contribution >= 4 is 34.8 Å². The second-order valence-corrected chi connectivity index (χ2v) is 6.58. The molecule has 0 saturated carbocycles. The number of carbonyl (C=O) groups excluding carboxylic acids is 3. The normalized spacial score (nSPS) is 19.1. The van der Waals surface area contributed by atoms with Gasteiger partial charge < -0.3 is 15.5 Å². The molecule has 1 atom stereocenters. The van der Waals surface area contributed by atoms with Crippen LogP contribution in [-0.2, 0) is 14.4 Å². The molecule has 2 aromatic carbocycles. The standard InChI is InChI=1S/C20H19N3O3/c24-18-12-16(15-7-1-2-8-17(15)22-18)20(26)21-13-5-3-6-14(11-13)23-10-4-9-19(23)25/h1-3,5-8,11,16H,4,9-10,12H2,(H,21,26)(H,22,24). The molecule has 0 aliphatic carbocycles. The van der Waals surface area contributed by atoms with E-state index in [1.165, 1.54) is 0 Å². The Labute approximate surface area is 151 Å². The lowest BCUT2D eigenvalue weighted by Crippen LogP contribution is -2.30. The number of carbonyl (C=O) groups is 3. The van der Waals surface area contributed by atoms with Crippen LogP contribution >= 0.6 is 0 Å². The molecule has 1 saturated heterocycles. The van der Waals surface area contributed by atoms with Crippen molar-refractivity contribution in [2.24, 2.45) is 0 Å². The lowest BCUT2D eigenvalue weighted by molar-refractivity contribution is -0.123. The summed E-state index contributed by atoms with van der Waals surface area (Å²) < 4.78 is 0. The molecule has 6 nitrogen and oxygen atoms in total. The maximum Gasteiger partial charge on any atom is 0.232 e. The molecule has 6 heteroatoms. The Morgan fingerprint density at radius 2 is 1.96 bits per heavy atom. The van der Waals surface area contributed by atoms with Crippen molar-refractivity contribution in [3.63, 3.8) is 0 Å². The first-order chi connectivity index (χ1) is 12.6. The van der Waals surface area contributed by atoms with Gasteiger partial charge in [-0.05, 0) is 36.2 Å². The molecule has 1 fully saturated rings. The molecule has 2 aliphatic rings. The molecule has 2 N–H and O–H groups in total. The fourth-order valence-corrected chi connectivity index (χ4v) is 3.55. The number of hydrogen-bond donors (Lipinski definition) is 2. The zero-order chi connectivity index (χ0) is 18.1. The Balaban J connectivity index is 1.55. The number of benzene rings is 2. The molecule has 2 aromatic rings. The maximum absolute atomic E-state index is 12.8. The van der Waals surface area contributed by atoms with Crippen molar-refractivity contribution in [2.45, 2.75) is 25.2 Å². The topological polar surface area (TPSA) is 78.5 Å². The highest BCUT2D eigenvalue weighted by Crippen LogP contribution is 2.33. The quantitative estimate of drug-likeness (QED) is 0.894. The number of nitrogens with one attached hydrogen (secondary N) is 2. The zero-order valence-electron chi connectivity index (χ0n) is 14.2. The van der Waals surface area contributed by atoms with Gasteiger partial charge in [-0.25, -0.2) is 0 Å². The van der Waals surface area contributed by atoms with Crippen LogP contribution in [0.3, 0.4) is 0 Å². The molecule has 0 radical (unpaired) electrons. The Morgan fingerprint density at radius 1 is 1.12 bits per heavy atom. The number of hydrogen-bond acceptors (Lipinski definition) is 3. The monoisotopic (exact) mass is 349 g/mol. The molecule has 26 heavy (non-hydrogen) atoms. The predicted octanol–water partition coefficient (Wildman–Crippen LogP) is 2.88. The van der Waals surface area contributed by atoms with Gasteiger partial charge in [0.15, 0.2) is 0 Å². The van der Waals surface area contributed by atoms with Gasteiger partial charge in [0.05, 0.1) is 5.92 Å². The van der Waals surface area contributed by atoms with Crippen LogP contribution in [0.25, 0.3) is 0 Å². The summed E-state index contributed by atoms with van der Waals surface area (Å²) in [6.07, 6.45) is 1.53. The van der Waals surface area contributed by atoms with Crippen molar-refractivity contribution in [3.05, 3.63) is 54.1 Å². The number of rotatable bonds is 3. The minimum Gasteiger partial charge on any atom is -0.326 e. The largest absolute Gasteiger partial charge is 0.326 e. The molecule has 1 unspecified atom stereocenters. The number of nitrogens with zero attached hydrogens (tertiary/aromatic N) is 1. The predicted molar refractivity (Wildman–Crippen MR) is 99.1 cm³/mol. The molecule has 0 bridgehead atoms. The highest BCUT2D eigenvalue weighted by Gasteiger charge is 2.30. The van der Waals surface area contributed by atoms with Crippen LogP contribution in [0.1, 0.15) is 30.7 Å². The second-order valence-electron chi connectivity index (χ2n) is 6.58. The van der Waals surface area contributed by atoms with Crippen LogP contribution in [0.4, 0.5) is 17.1 Å². The Kier molecular flexibility index (Phi) is 4.16. The fraction of sp³-hybridized carbons (Fsp3) is 0.250. The van der Waals surface area contributed by atoms with E-state index in [1.54, 1.807) is 23.1 Å². The van der Waals surface area contributed by atoms with Crippen molar-refractivity contribution < 1.29 is 14.4 Å². The molecule has 3 amide bonds. The lowest BCUT2D eigenvalue weighted by atomic mass is 9.90. The summed E-state index contributed by atoms with van der Waals surface area (Å²) in [4.78, 5) is 38.4. The van der Waals surface area contributed by atoms with Gasteiger partial charge in [0.1, 0.15) is 0 Å². The van der Waals surface area contributed by atoms with E-state index in [0.29, 0.717) is 24.3 Å². The summed E-state index contributed by atoms with van der Waals surface area (Å²) >= 11 is 0. The van der Waals surface area contributed by atoms with Gasteiger partial charge in [-0.3, -0.25) is 14.4 Å². The van der Waals surface area contributed by atoms with Gasteiger partial charge in [-0.15, -0.1) is 0 Å². The first-order valence-electron chi connectivity index (χ1n) is 8.72. The fourth-order valence-electron chi connectivity index (χ4n) is 3.55. The van der Waals surface area contributed by atoms with E-state index >= 15 is 0 Å². The first kappa shape index (κ1) is 16.3. The van der Waals surface area contributed by atoms with E-state index in [2.05, 4.69) is 10.6 Å². The minimum atomic E-state index is -0.531. The van der Waals surface area contributed by atoms with Crippen molar-refractivity contribution in [1.29, 1.82) is 0 Å². The SMILES string of the molecule is O=C1CC(C(=O)Nc2cccc(N3CCCC3=O)c2)c2ccccc2N1. The van der Waals surface area contributed by atoms with E-state index < -0.39 is 5.92 Å². The summed E-state index contributed by atoms with van der Waals surface area (Å²) in [7, 11) is 0. The van der Waals surface area contributed by atoms with Crippen LogP contribution in [0.15, 0.2) is 48.5 Å². The van der Waals surface area contributed by atoms with Gasteiger partial charge >= 0.3 is 0 Å². The average Bonchev–Trinajstić information content (AvgIpc) is 3.07. The van der Waals surface area contributed by atoms with Crippen molar-refractivity contribution in [2.75, 3.05) is 22.1 Å². The van der Waals surface area contributed by atoms with E-state index in [-0.39, 0.29) is 24.1 Å². The van der Waals surface area contributed by atoms with Crippen LogP contribution in [0.2, 0.25) is 0 Å². The second kappa shape index (κ2) is 6.63. The highest BCUT2D eigenvalue weighted by molar-refractivity contribution is 6.05. The Hall–Kier alpha value is -3.15. The lowest BCUT2D eigenvalue weighted by Gasteiger charge is -2.25. The van der Waals surface area contributed by atoms with Crippen LogP contribution in [0.5, 0.6) is 0 Å². The molecule has 2 aliphatic heterocycles. The first-order valence-corrected chi connectivity index (χ1v) is 8.72. The Bertz CT molecular complexity index is 893. The number of amides is 3. The molecular weight excluding hydrogens is 330 g/mol. The number of fused-ring (bicyclic) bond motifs is 1. The average molecular weight is 349 g/mol. The van der Waals surface area contributed by atoms with E-state index in [1.807, 2.05) is 30.3 Å². The smallest absolute Gasteiger partial charge is 0.232 e. The summed E-state index contributed by atoms with van der Waals surface area (Å²) in [6, 6.07) is 14.6. The van der Waals surface area contributed by atoms with Crippen LogP contribution < -0.4 is 15.5 Å². The summed E-state index contributed by atoms with van der Waals surface area (Å²) in [5.74, 6) is -0.819. The summed E-state index contributed by atoms with van der Waals surface area (Å²) in [5.41, 5.74) is 2.90. The summed E-state index contributed by atoms with van der Waals surface area (Å²) in [5, 5.41) is 5.69. The van der Waals surface area contributed by atoms with E-state index in [4.69, 9.17) is 0 Å². The minimum absolute atomic E-state index is 0.103. The van der Waals surface area contributed by atoms with Crippen LogP contribution in [0, 0.1) is 0 Å². The van der Waals surface area contributed by atoms with E-state index in [0.717, 1.165) is 17.7 Å².